The Morgan fingerprint density at radius 2 is 2.00 bits per heavy atom. The monoisotopic (exact) mass is 419 g/mol. The highest BCUT2D eigenvalue weighted by molar-refractivity contribution is 5.99. The first kappa shape index (κ1) is 21.1. The fourth-order valence-electron chi connectivity index (χ4n) is 3.43. The minimum Gasteiger partial charge on any atom is -0.497 e. The molecule has 0 unspecified atom stereocenters. The second kappa shape index (κ2) is 10.3. The molecule has 6 nitrogen and oxygen atoms in total. The lowest BCUT2D eigenvalue weighted by atomic mass is 10.1. The normalized spacial score (nSPS) is 13.2. The SMILES string of the molecule is COc1cccc(-c2nn(Cc3ccccc3)cc2C(=O)NCCCOCC2CC2)c1. The molecule has 1 N–H and O–H groups in total. The first-order valence-corrected chi connectivity index (χ1v) is 10.8. The summed E-state index contributed by atoms with van der Waals surface area (Å²) in [6, 6.07) is 17.7. The van der Waals surface area contributed by atoms with Crippen LogP contribution in [0.2, 0.25) is 0 Å². The van der Waals surface area contributed by atoms with Gasteiger partial charge in [0.25, 0.3) is 5.91 Å². The molecule has 0 spiro atoms. The van der Waals surface area contributed by atoms with Crippen LogP contribution >= 0.6 is 0 Å². The number of amides is 1. The molecule has 1 saturated carbocycles. The average molecular weight is 420 g/mol. The number of hydrogen-bond acceptors (Lipinski definition) is 4. The molecule has 1 aliphatic carbocycles. The second-order valence-corrected chi connectivity index (χ2v) is 7.93. The maximum Gasteiger partial charge on any atom is 0.255 e. The first-order valence-electron chi connectivity index (χ1n) is 10.8. The fourth-order valence-corrected chi connectivity index (χ4v) is 3.43. The third kappa shape index (κ3) is 5.95. The van der Waals surface area contributed by atoms with E-state index >= 15 is 0 Å². The van der Waals surface area contributed by atoms with Crippen LogP contribution in [0.25, 0.3) is 11.3 Å². The number of ether oxygens (including phenoxy) is 2. The summed E-state index contributed by atoms with van der Waals surface area (Å²) >= 11 is 0. The molecule has 3 aromatic rings. The zero-order chi connectivity index (χ0) is 21.5. The molecule has 6 heteroatoms. The summed E-state index contributed by atoms with van der Waals surface area (Å²) in [6.07, 6.45) is 5.19. The molecule has 1 fully saturated rings. The van der Waals surface area contributed by atoms with Crippen LogP contribution in [-0.4, -0.2) is 42.6 Å². The molecule has 1 amide bonds. The molecule has 0 bridgehead atoms. The third-order valence-electron chi connectivity index (χ3n) is 5.34. The van der Waals surface area contributed by atoms with E-state index in [4.69, 9.17) is 14.6 Å². The third-order valence-corrected chi connectivity index (χ3v) is 5.34. The van der Waals surface area contributed by atoms with Gasteiger partial charge in [-0.1, -0.05) is 42.5 Å². The molecule has 0 radical (unpaired) electrons. The van der Waals surface area contributed by atoms with E-state index in [1.54, 1.807) is 7.11 Å². The number of hydrogen-bond donors (Lipinski definition) is 1. The summed E-state index contributed by atoms with van der Waals surface area (Å²) in [7, 11) is 1.63. The van der Waals surface area contributed by atoms with Crippen molar-refractivity contribution in [1.29, 1.82) is 0 Å². The standard InChI is InChI=1S/C25H29N3O3/c1-30-22-10-5-9-21(15-22)24-23(17-28(27-24)16-19-7-3-2-4-8-19)25(29)26-13-6-14-31-18-20-11-12-20/h2-5,7-10,15,17,20H,6,11-14,16,18H2,1H3,(H,26,29). The quantitative estimate of drug-likeness (QED) is 0.474. The van der Waals surface area contributed by atoms with E-state index in [0.717, 1.165) is 35.8 Å². The predicted molar refractivity (Wildman–Crippen MR) is 120 cm³/mol. The Bertz CT molecular complexity index is 996. The molecular formula is C25H29N3O3. The van der Waals surface area contributed by atoms with Crippen LogP contribution in [0.1, 0.15) is 35.2 Å². The van der Waals surface area contributed by atoms with Gasteiger partial charge in [-0.25, -0.2) is 0 Å². The Hall–Kier alpha value is -3.12. The second-order valence-electron chi connectivity index (χ2n) is 7.93. The first-order chi connectivity index (χ1) is 15.2. The van der Waals surface area contributed by atoms with Crippen molar-refractivity contribution in [2.75, 3.05) is 26.9 Å². The van der Waals surface area contributed by atoms with Crippen molar-refractivity contribution in [3.8, 4) is 17.0 Å². The highest BCUT2D eigenvalue weighted by Gasteiger charge is 2.21. The van der Waals surface area contributed by atoms with Gasteiger partial charge in [0, 0.05) is 31.5 Å². The molecular weight excluding hydrogens is 390 g/mol. The zero-order valence-corrected chi connectivity index (χ0v) is 17.9. The maximum atomic E-state index is 13.0. The van der Waals surface area contributed by atoms with Gasteiger partial charge in [-0.15, -0.1) is 0 Å². The summed E-state index contributed by atoms with van der Waals surface area (Å²) < 4.78 is 12.8. The van der Waals surface area contributed by atoms with E-state index in [2.05, 4.69) is 5.32 Å². The van der Waals surface area contributed by atoms with Crippen LogP contribution in [0.5, 0.6) is 5.75 Å². The van der Waals surface area contributed by atoms with Gasteiger partial charge < -0.3 is 14.8 Å². The summed E-state index contributed by atoms with van der Waals surface area (Å²) in [5, 5.41) is 7.75. The summed E-state index contributed by atoms with van der Waals surface area (Å²) in [5.41, 5.74) is 3.19. The number of carbonyl (C=O) groups excluding carboxylic acids is 1. The number of carbonyl (C=O) groups is 1. The minimum atomic E-state index is -0.126. The Balaban J connectivity index is 1.47. The molecule has 0 saturated heterocycles. The average Bonchev–Trinajstić information content (AvgIpc) is 3.54. The van der Waals surface area contributed by atoms with Crippen molar-refractivity contribution in [3.05, 3.63) is 71.9 Å². The van der Waals surface area contributed by atoms with Crippen molar-refractivity contribution >= 4 is 5.91 Å². The lowest BCUT2D eigenvalue weighted by Crippen LogP contribution is -2.25. The van der Waals surface area contributed by atoms with Crippen molar-refractivity contribution in [3.63, 3.8) is 0 Å². The van der Waals surface area contributed by atoms with Crippen molar-refractivity contribution in [1.82, 2.24) is 15.1 Å². The van der Waals surface area contributed by atoms with Gasteiger partial charge in [0.15, 0.2) is 0 Å². The zero-order valence-electron chi connectivity index (χ0n) is 17.9. The molecule has 162 valence electrons. The smallest absolute Gasteiger partial charge is 0.255 e. The van der Waals surface area contributed by atoms with Gasteiger partial charge in [0.1, 0.15) is 11.4 Å². The van der Waals surface area contributed by atoms with Gasteiger partial charge in [0.2, 0.25) is 0 Å². The molecule has 4 rings (SSSR count). The van der Waals surface area contributed by atoms with Gasteiger partial charge in [-0.3, -0.25) is 9.48 Å². The molecule has 1 heterocycles. The topological polar surface area (TPSA) is 65.4 Å². The van der Waals surface area contributed by atoms with Crippen LogP contribution in [0, 0.1) is 5.92 Å². The van der Waals surface area contributed by atoms with E-state index in [1.807, 2.05) is 65.5 Å². The fraction of sp³-hybridized carbons (Fsp3) is 0.360. The van der Waals surface area contributed by atoms with Crippen LogP contribution in [0.3, 0.4) is 0 Å². The van der Waals surface area contributed by atoms with Crippen LogP contribution in [-0.2, 0) is 11.3 Å². The minimum absolute atomic E-state index is 0.126. The number of rotatable bonds is 11. The molecule has 2 aromatic carbocycles. The Morgan fingerprint density at radius 1 is 1.16 bits per heavy atom. The van der Waals surface area contributed by atoms with E-state index in [0.29, 0.717) is 31.0 Å². The van der Waals surface area contributed by atoms with Gasteiger partial charge >= 0.3 is 0 Å². The van der Waals surface area contributed by atoms with Crippen molar-refractivity contribution in [2.24, 2.45) is 5.92 Å². The molecule has 31 heavy (non-hydrogen) atoms. The van der Waals surface area contributed by atoms with E-state index < -0.39 is 0 Å². The number of methoxy groups -OCH3 is 1. The predicted octanol–water partition coefficient (Wildman–Crippen LogP) is 4.15. The number of benzene rings is 2. The van der Waals surface area contributed by atoms with Gasteiger partial charge in [-0.2, -0.15) is 5.10 Å². The summed E-state index contributed by atoms with van der Waals surface area (Å²) in [4.78, 5) is 13.0. The van der Waals surface area contributed by atoms with E-state index in [-0.39, 0.29) is 5.91 Å². The highest BCUT2D eigenvalue weighted by Crippen LogP contribution is 2.29. The number of nitrogens with zero attached hydrogens (tertiary/aromatic N) is 2. The molecule has 1 aromatic heterocycles. The van der Waals surface area contributed by atoms with Crippen LogP contribution < -0.4 is 10.1 Å². The largest absolute Gasteiger partial charge is 0.497 e. The molecule has 0 aliphatic heterocycles. The van der Waals surface area contributed by atoms with Gasteiger partial charge in [-0.05, 0) is 42.9 Å². The van der Waals surface area contributed by atoms with Gasteiger partial charge in [0.05, 0.1) is 19.2 Å². The summed E-state index contributed by atoms with van der Waals surface area (Å²) in [5.74, 6) is 1.36. The lowest BCUT2D eigenvalue weighted by molar-refractivity contribution is 0.0938. The Labute approximate surface area is 183 Å². The van der Waals surface area contributed by atoms with E-state index in [9.17, 15) is 4.79 Å². The lowest BCUT2D eigenvalue weighted by Gasteiger charge is -2.07. The Kier molecular flexibility index (Phi) is 6.99. The number of aromatic nitrogens is 2. The highest BCUT2D eigenvalue weighted by atomic mass is 16.5. The molecule has 0 atom stereocenters. The van der Waals surface area contributed by atoms with Crippen molar-refractivity contribution < 1.29 is 14.3 Å². The van der Waals surface area contributed by atoms with E-state index in [1.165, 1.54) is 12.8 Å². The maximum absolute atomic E-state index is 13.0. The van der Waals surface area contributed by atoms with Crippen LogP contribution in [0.15, 0.2) is 60.8 Å². The number of nitrogens with one attached hydrogen (secondary N) is 1. The molecule has 1 aliphatic rings. The van der Waals surface area contributed by atoms with Crippen molar-refractivity contribution in [2.45, 2.75) is 25.8 Å². The summed E-state index contributed by atoms with van der Waals surface area (Å²) in [6.45, 7) is 2.69. The van der Waals surface area contributed by atoms with Crippen LogP contribution in [0.4, 0.5) is 0 Å². The Morgan fingerprint density at radius 3 is 2.77 bits per heavy atom.